The van der Waals surface area contributed by atoms with Crippen molar-refractivity contribution in [2.45, 2.75) is 0 Å². The van der Waals surface area contributed by atoms with Crippen molar-refractivity contribution >= 4 is 17.3 Å². The molecule has 1 N–H and O–H groups in total. The third-order valence-corrected chi connectivity index (χ3v) is 2.79. The molecule has 0 unspecified atom stereocenters. The van der Waals surface area contributed by atoms with Crippen molar-refractivity contribution in [3.8, 4) is 11.8 Å². The number of para-hydroxylation sites is 2. The number of nitrogens with one attached hydrogen (secondary N) is 1. The number of hydrogen-bond acceptors (Lipinski definition) is 6. The van der Waals surface area contributed by atoms with Crippen LogP contribution in [0, 0.1) is 11.3 Å². The summed E-state index contributed by atoms with van der Waals surface area (Å²) in [5.74, 6) is 2.09. The highest BCUT2D eigenvalue weighted by molar-refractivity contribution is 5.67. The van der Waals surface area contributed by atoms with Gasteiger partial charge in [-0.3, -0.25) is 0 Å². The number of ether oxygens (including phenoxy) is 1. The summed E-state index contributed by atoms with van der Waals surface area (Å²) in [6.07, 6.45) is 1.46. The summed E-state index contributed by atoms with van der Waals surface area (Å²) in [6.45, 7) is 0.203. The lowest BCUT2D eigenvalue weighted by Gasteiger charge is -2.20. The Morgan fingerprint density at radius 3 is 2.90 bits per heavy atom. The minimum atomic E-state index is 0.203. The van der Waals surface area contributed by atoms with Crippen LogP contribution in [0.1, 0.15) is 0 Å². The first-order valence-corrected chi connectivity index (χ1v) is 6.06. The maximum absolute atomic E-state index is 8.57. The molecule has 6 nitrogen and oxygen atoms in total. The molecule has 0 radical (unpaired) electrons. The van der Waals surface area contributed by atoms with Crippen LogP contribution in [0.3, 0.4) is 0 Å². The van der Waals surface area contributed by atoms with Crippen LogP contribution in [-0.2, 0) is 0 Å². The van der Waals surface area contributed by atoms with E-state index >= 15 is 0 Å². The summed E-state index contributed by atoms with van der Waals surface area (Å²) in [6, 6.07) is 11.5. The van der Waals surface area contributed by atoms with Gasteiger partial charge in [-0.2, -0.15) is 5.26 Å². The number of rotatable bonds is 5. The van der Waals surface area contributed by atoms with E-state index in [1.165, 1.54) is 6.33 Å². The molecule has 0 aliphatic carbocycles. The van der Waals surface area contributed by atoms with Crippen LogP contribution < -0.4 is 15.0 Å². The molecule has 0 aliphatic heterocycles. The first-order valence-electron chi connectivity index (χ1n) is 6.06. The van der Waals surface area contributed by atoms with E-state index in [0.29, 0.717) is 11.6 Å². The predicted octanol–water partition coefficient (Wildman–Crippen LogP) is 2.19. The number of anilines is 3. The molecular weight excluding hydrogens is 254 g/mol. The second kappa shape index (κ2) is 6.38. The summed E-state index contributed by atoms with van der Waals surface area (Å²) >= 11 is 0. The molecule has 102 valence electrons. The Kier molecular flexibility index (Phi) is 4.35. The summed E-state index contributed by atoms with van der Waals surface area (Å²) in [4.78, 5) is 10.2. The molecule has 0 saturated heterocycles. The Bertz CT molecular complexity index is 623. The lowest BCUT2D eigenvalue weighted by atomic mass is 10.2. The van der Waals surface area contributed by atoms with Gasteiger partial charge in [0.1, 0.15) is 30.3 Å². The van der Waals surface area contributed by atoms with Crippen LogP contribution in [0.15, 0.2) is 36.7 Å². The standard InChI is InChI=1S/C14H15N5O/c1-19(11-5-3-4-6-12(11)20-2)14-9-13(16-8-7-15)17-10-18-14/h3-6,9-10H,8H2,1-2H3,(H,16,17,18). The van der Waals surface area contributed by atoms with Crippen molar-refractivity contribution in [1.82, 2.24) is 9.97 Å². The molecule has 1 heterocycles. The van der Waals surface area contributed by atoms with Crippen LogP contribution in [0.5, 0.6) is 5.75 Å². The number of aromatic nitrogens is 2. The maximum Gasteiger partial charge on any atom is 0.142 e. The zero-order valence-electron chi connectivity index (χ0n) is 11.4. The topological polar surface area (TPSA) is 74.1 Å². The first-order chi connectivity index (χ1) is 9.76. The molecule has 2 rings (SSSR count). The Morgan fingerprint density at radius 2 is 2.15 bits per heavy atom. The average Bonchev–Trinajstić information content (AvgIpc) is 2.52. The van der Waals surface area contributed by atoms with E-state index in [2.05, 4.69) is 15.3 Å². The molecule has 0 amide bonds. The molecule has 0 saturated carbocycles. The smallest absolute Gasteiger partial charge is 0.142 e. The van der Waals surface area contributed by atoms with Gasteiger partial charge in [0, 0.05) is 13.1 Å². The molecule has 20 heavy (non-hydrogen) atoms. The molecule has 0 aliphatic rings. The van der Waals surface area contributed by atoms with Gasteiger partial charge in [0.05, 0.1) is 18.9 Å². The fourth-order valence-electron chi connectivity index (χ4n) is 1.79. The molecule has 0 bridgehead atoms. The van der Waals surface area contributed by atoms with Gasteiger partial charge >= 0.3 is 0 Å². The van der Waals surface area contributed by atoms with Gasteiger partial charge < -0.3 is 15.0 Å². The highest BCUT2D eigenvalue weighted by atomic mass is 16.5. The Hall–Kier alpha value is -2.81. The van der Waals surface area contributed by atoms with E-state index in [1.807, 2.05) is 42.3 Å². The fourth-order valence-corrected chi connectivity index (χ4v) is 1.79. The van der Waals surface area contributed by atoms with Gasteiger partial charge in [0.2, 0.25) is 0 Å². The fraction of sp³-hybridized carbons (Fsp3) is 0.214. The predicted molar refractivity (Wildman–Crippen MR) is 77.2 cm³/mol. The zero-order valence-corrected chi connectivity index (χ0v) is 11.4. The number of nitriles is 1. The van der Waals surface area contributed by atoms with E-state index in [1.54, 1.807) is 13.2 Å². The molecule has 1 aromatic carbocycles. The Labute approximate surface area is 117 Å². The zero-order chi connectivity index (χ0) is 14.4. The summed E-state index contributed by atoms with van der Waals surface area (Å²) in [5, 5.41) is 11.5. The lowest BCUT2D eigenvalue weighted by molar-refractivity contribution is 0.415. The molecule has 2 aromatic rings. The van der Waals surface area contributed by atoms with Gasteiger partial charge in [-0.05, 0) is 12.1 Å². The van der Waals surface area contributed by atoms with Crippen LogP contribution in [0.2, 0.25) is 0 Å². The second-order valence-corrected chi connectivity index (χ2v) is 4.00. The van der Waals surface area contributed by atoms with E-state index in [0.717, 1.165) is 11.4 Å². The van der Waals surface area contributed by atoms with Crippen molar-refractivity contribution in [3.05, 3.63) is 36.7 Å². The molecule has 0 fully saturated rings. The Morgan fingerprint density at radius 1 is 1.35 bits per heavy atom. The van der Waals surface area contributed by atoms with E-state index in [4.69, 9.17) is 10.00 Å². The van der Waals surface area contributed by atoms with E-state index in [-0.39, 0.29) is 6.54 Å². The van der Waals surface area contributed by atoms with E-state index < -0.39 is 0 Å². The lowest BCUT2D eigenvalue weighted by Crippen LogP contribution is -2.13. The minimum absolute atomic E-state index is 0.203. The van der Waals surface area contributed by atoms with Gasteiger partial charge in [-0.1, -0.05) is 12.1 Å². The second-order valence-electron chi connectivity index (χ2n) is 4.00. The van der Waals surface area contributed by atoms with Crippen LogP contribution in [-0.4, -0.2) is 30.7 Å². The first kappa shape index (κ1) is 13.6. The molecule has 0 spiro atoms. The minimum Gasteiger partial charge on any atom is -0.495 e. The maximum atomic E-state index is 8.57. The largest absolute Gasteiger partial charge is 0.495 e. The van der Waals surface area contributed by atoms with Gasteiger partial charge in [0.25, 0.3) is 0 Å². The number of methoxy groups -OCH3 is 1. The summed E-state index contributed by atoms with van der Waals surface area (Å²) < 4.78 is 5.34. The highest BCUT2D eigenvalue weighted by Crippen LogP contribution is 2.31. The number of nitrogens with zero attached hydrogens (tertiary/aromatic N) is 4. The van der Waals surface area contributed by atoms with Crippen molar-refractivity contribution in [1.29, 1.82) is 5.26 Å². The molecule has 0 atom stereocenters. The van der Waals surface area contributed by atoms with E-state index in [9.17, 15) is 0 Å². The summed E-state index contributed by atoms with van der Waals surface area (Å²) in [7, 11) is 3.53. The molecule has 6 heteroatoms. The Balaban J connectivity index is 2.29. The number of hydrogen-bond donors (Lipinski definition) is 1. The van der Waals surface area contributed by atoms with Crippen molar-refractivity contribution < 1.29 is 4.74 Å². The van der Waals surface area contributed by atoms with Gasteiger partial charge in [-0.25, -0.2) is 9.97 Å². The SMILES string of the molecule is COc1ccccc1N(C)c1cc(NCC#N)ncn1. The average molecular weight is 269 g/mol. The normalized spacial score (nSPS) is 9.65. The van der Waals surface area contributed by atoms with Crippen LogP contribution in [0.4, 0.5) is 17.3 Å². The van der Waals surface area contributed by atoms with Crippen molar-refractivity contribution in [2.75, 3.05) is 30.9 Å². The quantitative estimate of drug-likeness (QED) is 0.839. The summed E-state index contributed by atoms with van der Waals surface area (Å²) in [5.41, 5.74) is 0.903. The highest BCUT2D eigenvalue weighted by Gasteiger charge is 2.11. The van der Waals surface area contributed by atoms with Crippen LogP contribution >= 0.6 is 0 Å². The molecular formula is C14H15N5O. The number of benzene rings is 1. The van der Waals surface area contributed by atoms with Crippen LogP contribution in [0.25, 0.3) is 0 Å². The monoisotopic (exact) mass is 269 g/mol. The third-order valence-electron chi connectivity index (χ3n) is 2.79. The van der Waals surface area contributed by atoms with Crippen molar-refractivity contribution in [2.24, 2.45) is 0 Å². The van der Waals surface area contributed by atoms with Gasteiger partial charge in [-0.15, -0.1) is 0 Å². The third kappa shape index (κ3) is 2.95. The van der Waals surface area contributed by atoms with Gasteiger partial charge in [0.15, 0.2) is 0 Å². The molecule has 1 aromatic heterocycles. The van der Waals surface area contributed by atoms with Crippen molar-refractivity contribution in [3.63, 3.8) is 0 Å².